The summed E-state index contributed by atoms with van der Waals surface area (Å²) in [6.07, 6.45) is 0.712. The largest absolute Gasteiger partial charge is 0.505 e. The van der Waals surface area contributed by atoms with Crippen molar-refractivity contribution in [2.75, 3.05) is 0 Å². The average Bonchev–Trinajstić information content (AvgIpc) is 2.09. The first kappa shape index (κ1) is 15.7. The second kappa shape index (κ2) is 6.42. The van der Waals surface area contributed by atoms with E-state index in [2.05, 4.69) is 15.9 Å². The Balaban J connectivity index is 0.00000225. The molecule has 0 heterocycles. The molecule has 0 fully saturated rings. The highest BCUT2D eigenvalue weighted by molar-refractivity contribution is 9.10. The van der Waals surface area contributed by atoms with E-state index in [1.807, 2.05) is 13.8 Å². The average molecular weight is 313 g/mol. The highest BCUT2D eigenvalue weighted by Crippen LogP contribution is 2.32. The lowest BCUT2D eigenvalue weighted by Crippen LogP contribution is -2.13. The van der Waals surface area contributed by atoms with Crippen molar-refractivity contribution >= 4 is 28.3 Å². The van der Waals surface area contributed by atoms with Crippen LogP contribution in [0.25, 0.3) is 0 Å². The zero-order valence-corrected chi connectivity index (χ0v) is 11.6. The second-order valence-corrected chi connectivity index (χ2v) is 4.98. The van der Waals surface area contributed by atoms with Gasteiger partial charge in [0, 0.05) is 16.1 Å². The number of halogens is 3. The predicted octanol–water partition coefficient (Wildman–Crippen LogP) is 3.76. The van der Waals surface area contributed by atoms with E-state index in [1.165, 1.54) is 6.07 Å². The highest BCUT2D eigenvalue weighted by atomic mass is 79.9. The number of phenolic OH excluding ortho intramolecular Hbond substituents is 1. The first-order valence-electron chi connectivity index (χ1n) is 4.85. The SMILES string of the molecule is CC(C)C[C@H](N)c1cc(Br)cc(F)c1O.Cl. The van der Waals surface area contributed by atoms with Gasteiger partial charge >= 0.3 is 0 Å². The summed E-state index contributed by atoms with van der Waals surface area (Å²) in [4.78, 5) is 0. The third-order valence-electron chi connectivity index (χ3n) is 2.18. The summed E-state index contributed by atoms with van der Waals surface area (Å²) < 4.78 is 13.8. The van der Waals surface area contributed by atoms with E-state index in [-0.39, 0.29) is 24.2 Å². The van der Waals surface area contributed by atoms with Crippen LogP contribution in [0.4, 0.5) is 4.39 Å². The van der Waals surface area contributed by atoms with Gasteiger partial charge in [-0.15, -0.1) is 12.4 Å². The molecule has 1 atom stereocenters. The van der Waals surface area contributed by atoms with Crippen LogP contribution in [-0.4, -0.2) is 5.11 Å². The Labute approximate surface area is 110 Å². The van der Waals surface area contributed by atoms with Gasteiger partial charge in [0.15, 0.2) is 11.6 Å². The van der Waals surface area contributed by atoms with E-state index in [9.17, 15) is 9.50 Å². The highest BCUT2D eigenvalue weighted by Gasteiger charge is 2.16. The molecule has 0 amide bonds. The number of hydrogen-bond acceptors (Lipinski definition) is 2. The maximum absolute atomic E-state index is 13.2. The molecule has 0 bridgehead atoms. The molecule has 0 aromatic heterocycles. The summed E-state index contributed by atoms with van der Waals surface area (Å²) in [5.41, 5.74) is 6.34. The van der Waals surface area contributed by atoms with Crippen molar-refractivity contribution < 1.29 is 9.50 Å². The fraction of sp³-hybridized carbons (Fsp3) is 0.455. The molecule has 1 aromatic rings. The first-order chi connectivity index (χ1) is 6.91. The Morgan fingerprint density at radius 2 is 2.00 bits per heavy atom. The number of benzene rings is 1. The fourth-order valence-electron chi connectivity index (χ4n) is 1.50. The molecule has 1 rings (SSSR count). The summed E-state index contributed by atoms with van der Waals surface area (Å²) in [5, 5.41) is 9.53. The van der Waals surface area contributed by atoms with Crippen LogP contribution in [0.3, 0.4) is 0 Å². The molecule has 0 aliphatic heterocycles. The van der Waals surface area contributed by atoms with Crippen LogP contribution in [0, 0.1) is 11.7 Å². The van der Waals surface area contributed by atoms with E-state index >= 15 is 0 Å². The Morgan fingerprint density at radius 1 is 1.44 bits per heavy atom. The van der Waals surface area contributed by atoms with Gasteiger partial charge in [-0.2, -0.15) is 0 Å². The van der Waals surface area contributed by atoms with E-state index in [0.29, 0.717) is 22.4 Å². The van der Waals surface area contributed by atoms with E-state index in [4.69, 9.17) is 5.73 Å². The minimum absolute atomic E-state index is 0. The van der Waals surface area contributed by atoms with Crippen LogP contribution in [0.5, 0.6) is 5.75 Å². The molecular weight excluding hydrogens is 296 g/mol. The van der Waals surface area contributed by atoms with E-state index in [0.717, 1.165) is 0 Å². The molecule has 16 heavy (non-hydrogen) atoms. The zero-order chi connectivity index (χ0) is 11.6. The van der Waals surface area contributed by atoms with Gasteiger partial charge in [-0.3, -0.25) is 0 Å². The van der Waals surface area contributed by atoms with Gasteiger partial charge in [0.2, 0.25) is 0 Å². The molecule has 0 saturated heterocycles. The topological polar surface area (TPSA) is 46.2 Å². The molecule has 0 unspecified atom stereocenters. The van der Waals surface area contributed by atoms with Crippen molar-refractivity contribution in [2.45, 2.75) is 26.3 Å². The summed E-state index contributed by atoms with van der Waals surface area (Å²) in [5.74, 6) is -0.577. The second-order valence-electron chi connectivity index (χ2n) is 4.06. The molecule has 0 aliphatic carbocycles. The van der Waals surface area contributed by atoms with Crippen LogP contribution in [0.15, 0.2) is 16.6 Å². The van der Waals surface area contributed by atoms with Gasteiger partial charge in [0.25, 0.3) is 0 Å². The first-order valence-corrected chi connectivity index (χ1v) is 5.64. The number of hydrogen-bond donors (Lipinski definition) is 2. The number of rotatable bonds is 3. The van der Waals surface area contributed by atoms with Crippen LogP contribution in [0.2, 0.25) is 0 Å². The lowest BCUT2D eigenvalue weighted by atomic mass is 9.97. The monoisotopic (exact) mass is 311 g/mol. The molecule has 0 saturated carbocycles. The predicted molar refractivity (Wildman–Crippen MR) is 69.4 cm³/mol. The maximum atomic E-state index is 13.2. The van der Waals surface area contributed by atoms with Gasteiger partial charge in [0.05, 0.1) is 0 Å². The Morgan fingerprint density at radius 3 is 2.50 bits per heavy atom. The third kappa shape index (κ3) is 3.92. The molecule has 92 valence electrons. The summed E-state index contributed by atoms with van der Waals surface area (Å²) >= 11 is 3.17. The standard InChI is InChI=1S/C11H15BrFNO.ClH/c1-6(2)3-10(14)8-4-7(12)5-9(13)11(8)15;/h4-6,10,15H,3,14H2,1-2H3;1H/t10-;/m0./s1. The maximum Gasteiger partial charge on any atom is 0.166 e. The van der Waals surface area contributed by atoms with Crippen molar-refractivity contribution in [1.82, 2.24) is 0 Å². The van der Waals surface area contributed by atoms with Crippen LogP contribution < -0.4 is 5.73 Å². The minimum Gasteiger partial charge on any atom is -0.505 e. The number of nitrogens with two attached hydrogens (primary N) is 1. The minimum atomic E-state index is -0.640. The zero-order valence-electron chi connectivity index (χ0n) is 9.21. The molecule has 1 aromatic carbocycles. The fourth-order valence-corrected chi connectivity index (χ4v) is 1.95. The van der Waals surface area contributed by atoms with Crippen LogP contribution >= 0.6 is 28.3 Å². The molecule has 3 N–H and O–H groups in total. The van der Waals surface area contributed by atoms with Crippen LogP contribution in [0.1, 0.15) is 31.9 Å². The van der Waals surface area contributed by atoms with Crippen molar-refractivity contribution in [3.05, 3.63) is 28.0 Å². The van der Waals surface area contributed by atoms with Gasteiger partial charge < -0.3 is 10.8 Å². The summed E-state index contributed by atoms with van der Waals surface area (Å²) in [6.45, 7) is 4.07. The quantitative estimate of drug-likeness (QED) is 0.892. The summed E-state index contributed by atoms with van der Waals surface area (Å²) in [6, 6.07) is 2.55. The lowest BCUT2D eigenvalue weighted by molar-refractivity contribution is 0.411. The molecule has 0 radical (unpaired) electrons. The van der Waals surface area contributed by atoms with Crippen molar-refractivity contribution in [3.63, 3.8) is 0 Å². The Hall–Kier alpha value is -0.320. The van der Waals surface area contributed by atoms with Gasteiger partial charge in [-0.05, 0) is 24.5 Å². The van der Waals surface area contributed by atoms with E-state index < -0.39 is 5.82 Å². The van der Waals surface area contributed by atoms with E-state index in [1.54, 1.807) is 6.07 Å². The number of aromatic hydroxyl groups is 1. The molecule has 2 nitrogen and oxygen atoms in total. The number of phenols is 1. The van der Waals surface area contributed by atoms with Crippen LogP contribution in [-0.2, 0) is 0 Å². The van der Waals surface area contributed by atoms with Gasteiger partial charge in [-0.1, -0.05) is 29.8 Å². The van der Waals surface area contributed by atoms with Crippen molar-refractivity contribution in [3.8, 4) is 5.75 Å². The Kier molecular flexibility index (Phi) is 6.30. The third-order valence-corrected chi connectivity index (χ3v) is 2.64. The lowest BCUT2D eigenvalue weighted by Gasteiger charge is -2.16. The van der Waals surface area contributed by atoms with Crippen molar-refractivity contribution in [2.24, 2.45) is 11.7 Å². The van der Waals surface area contributed by atoms with Gasteiger partial charge in [-0.25, -0.2) is 4.39 Å². The van der Waals surface area contributed by atoms with Crippen molar-refractivity contribution in [1.29, 1.82) is 0 Å². The Bertz CT molecular complexity index is 360. The molecule has 0 spiro atoms. The smallest absolute Gasteiger partial charge is 0.166 e. The molecule has 0 aliphatic rings. The normalized spacial score (nSPS) is 12.4. The molecular formula is C11H16BrClFNO. The van der Waals surface area contributed by atoms with Gasteiger partial charge in [0.1, 0.15) is 0 Å². The molecule has 5 heteroatoms. The summed E-state index contributed by atoms with van der Waals surface area (Å²) in [7, 11) is 0.